The molecule has 1 aromatic rings. The zero-order chi connectivity index (χ0) is 18.9. The van der Waals surface area contributed by atoms with E-state index < -0.39 is 0 Å². The van der Waals surface area contributed by atoms with Gasteiger partial charge in [0.2, 0.25) is 0 Å². The molecule has 2 fully saturated rings. The minimum absolute atomic E-state index is 0.0440. The standard InChI is InChI=1S/C19H29N5O3/c25-18(16-2-1-6-21-14-16)5-13-27-15-23-9-11-24(12-10-23)19(26)22-17-3-7-20-8-4-17/h1-2,6,14,17,20H,3-5,7-13,15H2,(H,22,26). The smallest absolute Gasteiger partial charge is 0.317 e. The largest absolute Gasteiger partial charge is 0.366 e. The van der Waals surface area contributed by atoms with Crippen LogP contribution < -0.4 is 10.6 Å². The molecule has 1 aromatic heterocycles. The number of piperidine rings is 1. The molecular weight excluding hydrogens is 346 g/mol. The average Bonchev–Trinajstić information content (AvgIpc) is 2.73. The fourth-order valence-corrected chi connectivity index (χ4v) is 3.34. The van der Waals surface area contributed by atoms with Gasteiger partial charge in [-0.2, -0.15) is 0 Å². The third-order valence-corrected chi connectivity index (χ3v) is 5.06. The molecule has 2 aliphatic rings. The third-order valence-electron chi connectivity index (χ3n) is 5.06. The first kappa shape index (κ1) is 19.7. The molecule has 0 aliphatic carbocycles. The van der Waals surface area contributed by atoms with Crippen molar-refractivity contribution in [2.45, 2.75) is 25.3 Å². The van der Waals surface area contributed by atoms with Crippen LogP contribution in [0.25, 0.3) is 0 Å². The van der Waals surface area contributed by atoms with Crippen LogP contribution in [0, 0.1) is 0 Å². The number of carbonyl (C=O) groups is 2. The zero-order valence-corrected chi connectivity index (χ0v) is 15.7. The van der Waals surface area contributed by atoms with Gasteiger partial charge >= 0.3 is 6.03 Å². The van der Waals surface area contributed by atoms with Gasteiger partial charge in [0.05, 0.1) is 13.3 Å². The molecule has 0 bridgehead atoms. The number of hydrogen-bond acceptors (Lipinski definition) is 6. The van der Waals surface area contributed by atoms with E-state index in [2.05, 4.69) is 20.5 Å². The van der Waals surface area contributed by atoms with E-state index in [1.54, 1.807) is 24.5 Å². The minimum Gasteiger partial charge on any atom is -0.366 e. The number of Topliss-reactive ketones (excluding diaryl/α,β-unsaturated/α-hetero) is 1. The number of urea groups is 1. The normalized spacial score (nSPS) is 19.0. The van der Waals surface area contributed by atoms with Gasteiger partial charge in [-0.05, 0) is 38.1 Å². The van der Waals surface area contributed by atoms with Crippen LogP contribution in [0.1, 0.15) is 29.6 Å². The summed E-state index contributed by atoms with van der Waals surface area (Å²) < 4.78 is 5.64. The predicted molar refractivity (Wildman–Crippen MR) is 102 cm³/mol. The number of rotatable bonds is 7. The van der Waals surface area contributed by atoms with Gasteiger partial charge in [-0.3, -0.25) is 14.7 Å². The molecule has 2 N–H and O–H groups in total. The fourth-order valence-electron chi connectivity index (χ4n) is 3.34. The average molecular weight is 375 g/mol. The Labute approximate surface area is 160 Å². The Bertz CT molecular complexity index is 599. The van der Waals surface area contributed by atoms with Gasteiger partial charge in [0.15, 0.2) is 5.78 Å². The van der Waals surface area contributed by atoms with Gasteiger partial charge in [-0.25, -0.2) is 4.79 Å². The predicted octanol–water partition coefficient (Wildman–Crippen LogP) is 0.708. The molecule has 0 aromatic carbocycles. The molecule has 0 saturated carbocycles. The van der Waals surface area contributed by atoms with Crippen LogP contribution in [-0.2, 0) is 4.74 Å². The quantitative estimate of drug-likeness (QED) is 0.539. The lowest BCUT2D eigenvalue weighted by atomic mass is 10.1. The number of amides is 2. The maximum Gasteiger partial charge on any atom is 0.317 e. The molecule has 0 unspecified atom stereocenters. The number of ketones is 1. The first-order valence-electron chi connectivity index (χ1n) is 9.72. The van der Waals surface area contributed by atoms with E-state index in [4.69, 9.17) is 4.74 Å². The molecule has 8 heteroatoms. The summed E-state index contributed by atoms with van der Waals surface area (Å²) in [5.74, 6) is 0.0440. The van der Waals surface area contributed by atoms with Gasteiger partial charge < -0.3 is 20.3 Å². The molecule has 0 atom stereocenters. The van der Waals surface area contributed by atoms with E-state index in [1.165, 1.54) is 0 Å². The van der Waals surface area contributed by atoms with Crippen molar-refractivity contribution in [3.8, 4) is 0 Å². The number of nitrogens with zero attached hydrogens (tertiary/aromatic N) is 3. The second-order valence-electron chi connectivity index (χ2n) is 7.03. The second-order valence-corrected chi connectivity index (χ2v) is 7.03. The molecule has 2 saturated heterocycles. The Balaban J connectivity index is 1.28. The monoisotopic (exact) mass is 375 g/mol. The van der Waals surface area contributed by atoms with Crippen molar-refractivity contribution in [1.29, 1.82) is 0 Å². The van der Waals surface area contributed by atoms with E-state index in [-0.39, 0.29) is 17.9 Å². The molecule has 3 rings (SSSR count). The number of hydrogen-bond donors (Lipinski definition) is 2. The zero-order valence-electron chi connectivity index (χ0n) is 15.7. The topological polar surface area (TPSA) is 86.8 Å². The van der Waals surface area contributed by atoms with Crippen molar-refractivity contribution in [2.75, 3.05) is 52.6 Å². The second kappa shape index (κ2) is 10.3. The molecule has 3 heterocycles. The summed E-state index contributed by atoms with van der Waals surface area (Å²) in [6.45, 7) is 5.81. The van der Waals surface area contributed by atoms with Gasteiger partial charge in [-0.1, -0.05) is 0 Å². The van der Waals surface area contributed by atoms with Gasteiger partial charge in [0.25, 0.3) is 0 Å². The van der Waals surface area contributed by atoms with Crippen LogP contribution in [0.3, 0.4) is 0 Å². The first-order valence-corrected chi connectivity index (χ1v) is 9.72. The number of piperazine rings is 1. The lowest BCUT2D eigenvalue weighted by Crippen LogP contribution is -2.54. The summed E-state index contributed by atoms with van der Waals surface area (Å²) in [5, 5.41) is 6.44. The highest BCUT2D eigenvalue weighted by molar-refractivity contribution is 5.95. The Hall–Kier alpha value is -2.03. The molecule has 0 spiro atoms. The van der Waals surface area contributed by atoms with Crippen LogP contribution in [0.4, 0.5) is 4.79 Å². The van der Waals surface area contributed by atoms with Crippen molar-refractivity contribution in [3.05, 3.63) is 30.1 Å². The van der Waals surface area contributed by atoms with Crippen LogP contribution in [-0.4, -0.2) is 85.2 Å². The molecule has 8 nitrogen and oxygen atoms in total. The maximum absolute atomic E-state index is 12.3. The van der Waals surface area contributed by atoms with Crippen LogP contribution in [0.15, 0.2) is 24.5 Å². The Kier molecular flexibility index (Phi) is 7.55. The highest BCUT2D eigenvalue weighted by Crippen LogP contribution is 2.07. The summed E-state index contributed by atoms with van der Waals surface area (Å²) in [4.78, 5) is 32.3. The van der Waals surface area contributed by atoms with Crippen molar-refractivity contribution in [1.82, 2.24) is 25.4 Å². The van der Waals surface area contributed by atoms with Crippen LogP contribution in [0.2, 0.25) is 0 Å². The number of carbonyl (C=O) groups excluding carboxylic acids is 2. The van der Waals surface area contributed by atoms with E-state index in [0.717, 1.165) is 39.0 Å². The maximum atomic E-state index is 12.3. The Morgan fingerprint density at radius 1 is 1.22 bits per heavy atom. The summed E-state index contributed by atoms with van der Waals surface area (Å²) >= 11 is 0. The SMILES string of the molecule is O=C(CCOCN1CCN(C(=O)NC2CCNCC2)CC1)c1cccnc1. The Morgan fingerprint density at radius 3 is 2.70 bits per heavy atom. The van der Waals surface area contributed by atoms with Gasteiger partial charge in [-0.15, -0.1) is 0 Å². The minimum atomic E-state index is 0.0440. The van der Waals surface area contributed by atoms with Gasteiger partial charge in [0.1, 0.15) is 0 Å². The van der Waals surface area contributed by atoms with Crippen LogP contribution >= 0.6 is 0 Å². The number of pyridine rings is 1. The molecule has 2 amide bonds. The molecule has 27 heavy (non-hydrogen) atoms. The van der Waals surface area contributed by atoms with Crippen LogP contribution in [0.5, 0.6) is 0 Å². The van der Waals surface area contributed by atoms with Crippen molar-refractivity contribution in [2.24, 2.45) is 0 Å². The van der Waals surface area contributed by atoms with Crippen molar-refractivity contribution in [3.63, 3.8) is 0 Å². The van der Waals surface area contributed by atoms with E-state index in [9.17, 15) is 9.59 Å². The Morgan fingerprint density at radius 2 is 2.00 bits per heavy atom. The van der Waals surface area contributed by atoms with E-state index in [0.29, 0.717) is 38.4 Å². The molecular formula is C19H29N5O3. The third kappa shape index (κ3) is 6.27. The highest BCUT2D eigenvalue weighted by Gasteiger charge is 2.23. The first-order chi connectivity index (χ1) is 13.2. The highest BCUT2D eigenvalue weighted by atomic mass is 16.5. The lowest BCUT2D eigenvalue weighted by Gasteiger charge is -2.35. The lowest BCUT2D eigenvalue weighted by molar-refractivity contribution is 0.00788. The number of ether oxygens (including phenoxy) is 1. The van der Waals surface area contributed by atoms with Crippen molar-refractivity contribution < 1.29 is 14.3 Å². The van der Waals surface area contributed by atoms with Gasteiger partial charge in [0, 0.05) is 56.6 Å². The summed E-state index contributed by atoms with van der Waals surface area (Å²) in [6, 6.07) is 3.86. The molecule has 148 valence electrons. The molecule has 2 aliphatic heterocycles. The number of nitrogens with one attached hydrogen (secondary N) is 2. The van der Waals surface area contributed by atoms with E-state index in [1.807, 2.05) is 4.90 Å². The fraction of sp³-hybridized carbons (Fsp3) is 0.632. The van der Waals surface area contributed by atoms with E-state index >= 15 is 0 Å². The number of aromatic nitrogens is 1. The summed E-state index contributed by atoms with van der Waals surface area (Å²) in [7, 11) is 0. The summed E-state index contributed by atoms with van der Waals surface area (Å²) in [6.07, 6.45) is 5.58. The molecule has 0 radical (unpaired) electrons. The summed E-state index contributed by atoms with van der Waals surface area (Å²) in [5.41, 5.74) is 0.620. The van der Waals surface area contributed by atoms with Crippen molar-refractivity contribution >= 4 is 11.8 Å².